The van der Waals surface area contributed by atoms with Gasteiger partial charge in [-0.2, -0.15) is 0 Å². The minimum absolute atomic E-state index is 0. The first-order chi connectivity index (χ1) is 12.7. The van der Waals surface area contributed by atoms with Gasteiger partial charge in [0, 0.05) is 5.56 Å². The first-order valence-corrected chi connectivity index (χ1v) is 10.3. The van der Waals surface area contributed by atoms with Gasteiger partial charge in [-0.3, -0.25) is 0 Å². The van der Waals surface area contributed by atoms with Crippen LogP contribution < -0.4 is 21.7 Å². The SMILES string of the molecule is Cc1cccc(C)c1OCC[N+]1(Cc2ccccc2)CCCCCCC1.[Br-]. The lowest BCUT2D eigenvalue weighted by Gasteiger charge is -2.40. The van der Waals surface area contributed by atoms with Crippen molar-refractivity contribution in [1.29, 1.82) is 0 Å². The van der Waals surface area contributed by atoms with Crippen LogP contribution in [0.5, 0.6) is 5.75 Å². The molecule has 0 aromatic heterocycles. The second-order valence-corrected chi connectivity index (χ2v) is 7.99. The predicted molar refractivity (Wildman–Crippen MR) is 110 cm³/mol. The number of likely N-dealkylation sites (tertiary alicyclic amines) is 1. The van der Waals surface area contributed by atoms with Crippen LogP contribution in [-0.2, 0) is 6.54 Å². The summed E-state index contributed by atoms with van der Waals surface area (Å²) in [4.78, 5) is 0. The van der Waals surface area contributed by atoms with Gasteiger partial charge in [0.1, 0.15) is 25.4 Å². The average Bonchev–Trinajstić information content (AvgIpc) is 2.62. The van der Waals surface area contributed by atoms with Crippen molar-refractivity contribution in [3.63, 3.8) is 0 Å². The maximum Gasteiger partial charge on any atom is 0.137 e. The summed E-state index contributed by atoms with van der Waals surface area (Å²) in [5, 5.41) is 0. The molecule has 1 heterocycles. The van der Waals surface area contributed by atoms with Crippen molar-refractivity contribution in [2.75, 3.05) is 26.2 Å². The highest BCUT2D eigenvalue weighted by atomic mass is 79.9. The molecule has 148 valence electrons. The Labute approximate surface area is 175 Å². The van der Waals surface area contributed by atoms with Gasteiger partial charge in [-0.05, 0) is 50.7 Å². The molecule has 1 fully saturated rings. The number of benzene rings is 2. The Balaban J connectivity index is 0.00000261. The van der Waals surface area contributed by atoms with Crippen LogP contribution in [0.3, 0.4) is 0 Å². The van der Waals surface area contributed by atoms with Gasteiger partial charge in [-0.15, -0.1) is 0 Å². The number of rotatable bonds is 6. The quantitative estimate of drug-likeness (QED) is 0.638. The van der Waals surface area contributed by atoms with Gasteiger partial charge in [0.15, 0.2) is 0 Å². The molecule has 2 aromatic carbocycles. The van der Waals surface area contributed by atoms with E-state index in [1.54, 1.807) is 0 Å². The summed E-state index contributed by atoms with van der Waals surface area (Å²) in [6.07, 6.45) is 6.86. The Morgan fingerprint density at radius 2 is 1.37 bits per heavy atom. The molecule has 0 spiro atoms. The van der Waals surface area contributed by atoms with Crippen LogP contribution in [0, 0.1) is 13.8 Å². The third-order valence-corrected chi connectivity index (χ3v) is 5.85. The molecule has 0 N–H and O–H groups in total. The first-order valence-electron chi connectivity index (χ1n) is 10.3. The topological polar surface area (TPSA) is 9.23 Å². The largest absolute Gasteiger partial charge is 1.00 e. The van der Waals surface area contributed by atoms with Gasteiger partial charge >= 0.3 is 0 Å². The van der Waals surface area contributed by atoms with E-state index in [1.165, 1.54) is 66.4 Å². The molecule has 0 bridgehead atoms. The molecule has 1 aliphatic rings. The van der Waals surface area contributed by atoms with Gasteiger partial charge in [0.05, 0.1) is 13.1 Å². The van der Waals surface area contributed by atoms with E-state index in [2.05, 4.69) is 62.4 Å². The molecule has 0 atom stereocenters. The zero-order chi connectivity index (χ0) is 18.2. The van der Waals surface area contributed by atoms with E-state index < -0.39 is 0 Å². The molecule has 2 aromatic rings. The number of aryl methyl sites for hydroxylation is 2. The lowest BCUT2D eigenvalue weighted by atomic mass is 10.0. The van der Waals surface area contributed by atoms with Crippen molar-refractivity contribution in [3.05, 3.63) is 65.2 Å². The Kier molecular flexibility index (Phi) is 8.85. The summed E-state index contributed by atoms with van der Waals surface area (Å²) in [5.41, 5.74) is 3.94. The van der Waals surface area contributed by atoms with Gasteiger partial charge < -0.3 is 26.2 Å². The van der Waals surface area contributed by atoms with E-state index in [-0.39, 0.29) is 17.0 Å². The first kappa shape index (κ1) is 22.0. The summed E-state index contributed by atoms with van der Waals surface area (Å²) in [7, 11) is 0. The predicted octanol–water partition coefficient (Wildman–Crippen LogP) is 2.67. The molecular weight excluding hydrogens is 398 g/mol. The molecule has 2 nitrogen and oxygen atoms in total. The van der Waals surface area contributed by atoms with Crippen LogP contribution in [0.25, 0.3) is 0 Å². The number of hydrogen-bond donors (Lipinski definition) is 0. The van der Waals surface area contributed by atoms with E-state index in [0.29, 0.717) is 0 Å². The van der Waals surface area contributed by atoms with E-state index in [0.717, 1.165) is 25.4 Å². The Hall–Kier alpha value is -1.32. The van der Waals surface area contributed by atoms with Crippen LogP contribution in [0.4, 0.5) is 0 Å². The molecule has 0 unspecified atom stereocenters. The van der Waals surface area contributed by atoms with Gasteiger partial charge in [-0.25, -0.2) is 0 Å². The van der Waals surface area contributed by atoms with Crippen LogP contribution >= 0.6 is 0 Å². The highest BCUT2D eigenvalue weighted by Gasteiger charge is 2.28. The van der Waals surface area contributed by atoms with E-state index in [4.69, 9.17) is 4.74 Å². The van der Waals surface area contributed by atoms with Crippen LogP contribution in [0.2, 0.25) is 0 Å². The lowest BCUT2D eigenvalue weighted by molar-refractivity contribution is -0.941. The van der Waals surface area contributed by atoms with E-state index >= 15 is 0 Å². The minimum Gasteiger partial charge on any atom is -1.00 e. The molecule has 1 saturated heterocycles. The smallest absolute Gasteiger partial charge is 0.137 e. The molecule has 3 heteroatoms. The third-order valence-electron chi connectivity index (χ3n) is 5.85. The summed E-state index contributed by atoms with van der Waals surface area (Å²) in [5.74, 6) is 1.08. The number of quaternary nitrogens is 1. The fraction of sp³-hybridized carbons (Fsp3) is 0.500. The molecule has 27 heavy (non-hydrogen) atoms. The zero-order valence-corrected chi connectivity index (χ0v) is 18.5. The molecular formula is C24H34BrNO. The number of ether oxygens (including phenoxy) is 1. The Morgan fingerprint density at radius 3 is 2.00 bits per heavy atom. The van der Waals surface area contributed by atoms with Crippen LogP contribution in [-0.4, -0.2) is 30.7 Å². The highest BCUT2D eigenvalue weighted by Crippen LogP contribution is 2.25. The highest BCUT2D eigenvalue weighted by molar-refractivity contribution is 5.39. The van der Waals surface area contributed by atoms with Crippen molar-refractivity contribution in [1.82, 2.24) is 0 Å². The zero-order valence-electron chi connectivity index (χ0n) is 16.9. The van der Waals surface area contributed by atoms with Gasteiger partial charge in [0.25, 0.3) is 0 Å². The molecule has 1 aliphatic heterocycles. The Bertz CT molecular complexity index is 658. The fourth-order valence-corrected chi connectivity index (χ4v) is 4.34. The average molecular weight is 432 g/mol. The van der Waals surface area contributed by atoms with Crippen LogP contribution in [0.15, 0.2) is 48.5 Å². The second-order valence-electron chi connectivity index (χ2n) is 7.99. The van der Waals surface area contributed by atoms with Gasteiger partial charge in [-0.1, -0.05) is 55.0 Å². The summed E-state index contributed by atoms with van der Waals surface area (Å²) in [6, 6.07) is 17.4. The fourth-order valence-electron chi connectivity index (χ4n) is 4.34. The normalized spacial score (nSPS) is 16.7. The maximum atomic E-state index is 6.29. The molecule has 0 aliphatic carbocycles. The summed E-state index contributed by atoms with van der Waals surface area (Å²) in [6.45, 7) is 9.90. The van der Waals surface area contributed by atoms with Crippen molar-refractivity contribution >= 4 is 0 Å². The molecule has 0 radical (unpaired) electrons. The van der Waals surface area contributed by atoms with Crippen molar-refractivity contribution in [3.8, 4) is 5.75 Å². The molecule has 3 rings (SSSR count). The van der Waals surface area contributed by atoms with E-state index in [1.807, 2.05) is 0 Å². The van der Waals surface area contributed by atoms with Crippen LogP contribution in [0.1, 0.15) is 48.8 Å². The van der Waals surface area contributed by atoms with Crippen molar-refractivity contribution in [2.45, 2.75) is 52.5 Å². The minimum atomic E-state index is 0. The summed E-state index contributed by atoms with van der Waals surface area (Å²) < 4.78 is 7.47. The van der Waals surface area contributed by atoms with E-state index in [9.17, 15) is 0 Å². The number of hydrogen-bond acceptors (Lipinski definition) is 1. The van der Waals surface area contributed by atoms with Crippen molar-refractivity contribution in [2.24, 2.45) is 0 Å². The van der Waals surface area contributed by atoms with Crippen molar-refractivity contribution < 1.29 is 26.2 Å². The molecule has 0 saturated carbocycles. The summed E-state index contributed by atoms with van der Waals surface area (Å²) >= 11 is 0. The van der Waals surface area contributed by atoms with Gasteiger partial charge in [0.2, 0.25) is 0 Å². The monoisotopic (exact) mass is 431 g/mol. The Morgan fingerprint density at radius 1 is 0.778 bits per heavy atom. The number of nitrogens with zero attached hydrogens (tertiary/aromatic N) is 1. The maximum absolute atomic E-state index is 6.29. The molecule has 0 amide bonds. The second kappa shape index (κ2) is 10.9. The number of halogens is 1. The third kappa shape index (κ3) is 6.36. The number of para-hydroxylation sites is 1. The lowest BCUT2D eigenvalue weighted by Crippen LogP contribution is -3.00. The standard InChI is InChI=1S/C24H34NO.BrH/c1-21-12-11-13-22(2)24(21)26-19-18-25(16-9-4-3-5-10-17-25)20-23-14-7-6-8-15-23;/h6-8,11-15H,3-5,9-10,16-20H2,1-2H3;1H/q+1;/p-1.